The van der Waals surface area contributed by atoms with E-state index in [0.717, 1.165) is 34.9 Å². The van der Waals surface area contributed by atoms with Crippen molar-refractivity contribution in [1.29, 1.82) is 0 Å². The van der Waals surface area contributed by atoms with Crippen LogP contribution in [0.5, 0.6) is 0 Å². The van der Waals surface area contributed by atoms with E-state index in [0.29, 0.717) is 6.04 Å². The van der Waals surface area contributed by atoms with Gasteiger partial charge in [0.1, 0.15) is 5.82 Å². The third-order valence-electron chi connectivity index (χ3n) is 4.37. The van der Waals surface area contributed by atoms with Crippen LogP contribution in [0.1, 0.15) is 26.7 Å². The number of benzene rings is 1. The molecule has 0 radical (unpaired) electrons. The summed E-state index contributed by atoms with van der Waals surface area (Å²) in [5.41, 5.74) is 7.63. The molecule has 0 aliphatic carbocycles. The summed E-state index contributed by atoms with van der Waals surface area (Å²) < 4.78 is 0. The van der Waals surface area contributed by atoms with Crippen molar-refractivity contribution in [2.75, 3.05) is 17.2 Å². The number of nitrogens with two attached hydrogens (primary N) is 1. The van der Waals surface area contributed by atoms with Gasteiger partial charge in [-0.1, -0.05) is 6.92 Å². The molecule has 19 heavy (non-hydrogen) atoms. The molecule has 0 saturated carbocycles. The van der Waals surface area contributed by atoms with Crippen LogP contribution in [0.4, 0.5) is 11.5 Å². The fourth-order valence-corrected chi connectivity index (χ4v) is 2.95. The van der Waals surface area contributed by atoms with Crippen molar-refractivity contribution in [2.24, 2.45) is 5.92 Å². The predicted octanol–water partition coefficient (Wildman–Crippen LogP) is 3.44. The largest absolute Gasteiger partial charge is 0.399 e. The van der Waals surface area contributed by atoms with E-state index >= 15 is 0 Å². The number of fused-ring (bicyclic) bond motifs is 1. The third kappa shape index (κ3) is 2.25. The molecule has 2 N–H and O–H groups in total. The Morgan fingerprint density at radius 3 is 2.89 bits per heavy atom. The summed E-state index contributed by atoms with van der Waals surface area (Å²) in [5, 5.41) is 1.11. The van der Waals surface area contributed by atoms with Crippen LogP contribution < -0.4 is 10.6 Å². The Balaban J connectivity index is 1.98. The molecular formula is C16H21N3. The SMILES string of the molecule is CC1CCCN(c2ccc3cc(N)ccc3n2)C1C. The van der Waals surface area contributed by atoms with E-state index in [2.05, 4.69) is 30.9 Å². The van der Waals surface area contributed by atoms with Crippen LogP contribution in [0.15, 0.2) is 30.3 Å². The van der Waals surface area contributed by atoms with Gasteiger partial charge in [0.05, 0.1) is 5.52 Å². The summed E-state index contributed by atoms with van der Waals surface area (Å²) >= 11 is 0. The van der Waals surface area contributed by atoms with E-state index in [4.69, 9.17) is 10.7 Å². The Morgan fingerprint density at radius 1 is 1.21 bits per heavy atom. The molecule has 1 aromatic carbocycles. The lowest BCUT2D eigenvalue weighted by atomic mass is 9.92. The molecule has 3 rings (SSSR count). The number of rotatable bonds is 1. The molecule has 1 saturated heterocycles. The lowest BCUT2D eigenvalue weighted by Gasteiger charge is -2.38. The maximum absolute atomic E-state index is 5.81. The number of anilines is 2. The smallest absolute Gasteiger partial charge is 0.129 e. The van der Waals surface area contributed by atoms with Crippen LogP contribution in [0, 0.1) is 5.92 Å². The molecule has 3 nitrogen and oxygen atoms in total. The van der Waals surface area contributed by atoms with Gasteiger partial charge in [-0.25, -0.2) is 4.98 Å². The van der Waals surface area contributed by atoms with Crippen molar-refractivity contribution >= 4 is 22.4 Å². The Hall–Kier alpha value is -1.77. The summed E-state index contributed by atoms with van der Waals surface area (Å²) in [7, 11) is 0. The minimum atomic E-state index is 0.562. The maximum Gasteiger partial charge on any atom is 0.129 e. The highest BCUT2D eigenvalue weighted by molar-refractivity contribution is 5.83. The normalized spacial score (nSPS) is 23.8. The molecular weight excluding hydrogens is 234 g/mol. The van der Waals surface area contributed by atoms with Gasteiger partial charge in [-0.15, -0.1) is 0 Å². The second-order valence-corrected chi connectivity index (χ2v) is 5.68. The predicted molar refractivity (Wildman–Crippen MR) is 81.4 cm³/mol. The summed E-state index contributed by atoms with van der Waals surface area (Å²) in [6, 6.07) is 10.7. The second-order valence-electron chi connectivity index (χ2n) is 5.68. The Bertz CT molecular complexity index is 594. The average Bonchev–Trinajstić information content (AvgIpc) is 2.41. The van der Waals surface area contributed by atoms with Gasteiger partial charge < -0.3 is 10.6 Å². The first-order valence-electron chi connectivity index (χ1n) is 7.08. The maximum atomic E-state index is 5.81. The number of pyridine rings is 1. The van der Waals surface area contributed by atoms with E-state index in [1.165, 1.54) is 12.8 Å². The van der Waals surface area contributed by atoms with Gasteiger partial charge in [-0.3, -0.25) is 0 Å². The van der Waals surface area contributed by atoms with Crippen LogP contribution in [-0.4, -0.2) is 17.6 Å². The Kier molecular flexibility index (Phi) is 3.05. The quantitative estimate of drug-likeness (QED) is 0.794. The first-order chi connectivity index (χ1) is 9.15. The lowest BCUT2D eigenvalue weighted by molar-refractivity contribution is 0.362. The number of nitrogens with zero attached hydrogens (tertiary/aromatic N) is 2. The summed E-state index contributed by atoms with van der Waals surface area (Å²) in [5.74, 6) is 1.83. The molecule has 3 heteroatoms. The van der Waals surface area contributed by atoms with Crippen molar-refractivity contribution in [1.82, 2.24) is 4.98 Å². The molecule has 1 aromatic heterocycles. The van der Waals surface area contributed by atoms with Crippen LogP contribution in [-0.2, 0) is 0 Å². The van der Waals surface area contributed by atoms with E-state index < -0.39 is 0 Å². The average molecular weight is 255 g/mol. The molecule has 100 valence electrons. The van der Waals surface area contributed by atoms with Gasteiger partial charge in [-0.05, 0) is 56.0 Å². The topological polar surface area (TPSA) is 42.1 Å². The van der Waals surface area contributed by atoms with Gasteiger partial charge in [0, 0.05) is 23.7 Å². The number of hydrogen-bond donors (Lipinski definition) is 1. The van der Waals surface area contributed by atoms with Crippen LogP contribution >= 0.6 is 0 Å². The highest BCUT2D eigenvalue weighted by atomic mass is 15.2. The molecule has 1 aliphatic heterocycles. The molecule has 2 unspecified atom stereocenters. The molecule has 0 bridgehead atoms. The highest BCUT2D eigenvalue weighted by Crippen LogP contribution is 2.28. The molecule has 2 heterocycles. The standard InChI is InChI=1S/C16H21N3/c1-11-4-3-9-19(12(11)2)16-8-5-13-10-14(17)6-7-15(13)18-16/h5-8,10-12H,3-4,9,17H2,1-2H3. The zero-order chi connectivity index (χ0) is 13.4. The fraction of sp³-hybridized carbons (Fsp3) is 0.438. The van der Waals surface area contributed by atoms with Crippen molar-refractivity contribution in [3.8, 4) is 0 Å². The molecule has 2 aromatic rings. The molecule has 0 spiro atoms. The summed E-state index contributed by atoms with van der Waals surface area (Å²) in [6.45, 7) is 5.75. The van der Waals surface area contributed by atoms with Crippen LogP contribution in [0.3, 0.4) is 0 Å². The third-order valence-corrected chi connectivity index (χ3v) is 4.37. The number of aromatic nitrogens is 1. The van der Waals surface area contributed by atoms with E-state index in [9.17, 15) is 0 Å². The second kappa shape index (κ2) is 4.72. The monoisotopic (exact) mass is 255 g/mol. The lowest BCUT2D eigenvalue weighted by Crippen LogP contribution is -2.42. The van der Waals surface area contributed by atoms with Crippen LogP contribution in [0.25, 0.3) is 10.9 Å². The first kappa shape index (κ1) is 12.3. The molecule has 0 amide bonds. The molecule has 1 aliphatic rings. The van der Waals surface area contributed by atoms with E-state index in [-0.39, 0.29) is 0 Å². The summed E-state index contributed by atoms with van der Waals surface area (Å²) in [6.07, 6.45) is 2.58. The van der Waals surface area contributed by atoms with Gasteiger partial charge >= 0.3 is 0 Å². The zero-order valence-corrected chi connectivity index (χ0v) is 11.6. The number of hydrogen-bond acceptors (Lipinski definition) is 3. The first-order valence-corrected chi connectivity index (χ1v) is 7.08. The van der Waals surface area contributed by atoms with Gasteiger partial charge in [0.15, 0.2) is 0 Å². The Morgan fingerprint density at radius 2 is 2.05 bits per heavy atom. The molecule has 2 atom stereocenters. The highest BCUT2D eigenvalue weighted by Gasteiger charge is 2.25. The number of piperidine rings is 1. The van der Waals surface area contributed by atoms with Crippen molar-refractivity contribution in [3.05, 3.63) is 30.3 Å². The Labute approximate surface area is 114 Å². The van der Waals surface area contributed by atoms with E-state index in [1.807, 2.05) is 18.2 Å². The van der Waals surface area contributed by atoms with Gasteiger partial charge in [0.2, 0.25) is 0 Å². The number of nitrogen functional groups attached to an aromatic ring is 1. The van der Waals surface area contributed by atoms with E-state index in [1.54, 1.807) is 0 Å². The zero-order valence-electron chi connectivity index (χ0n) is 11.6. The molecule has 1 fully saturated rings. The summed E-state index contributed by atoms with van der Waals surface area (Å²) in [4.78, 5) is 7.23. The minimum absolute atomic E-state index is 0.562. The van der Waals surface area contributed by atoms with Crippen molar-refractivity contribution in [2.45, 2.75) is 32.7 Å². The van der Waals surface area contributed by atoms with Gasteiger partial charge in [0.25, 0.3) is 0 Å². The van der Waals surface area contributed by atoms with Crippen molar-refractivity contribution in [3.63, 3.8) is 0 Å². The fourth-order valence-electron chi connectivity index (χ4n) is 2.95. The van der Waals surface area contributed by atoms with Crippen LogP contribution in [0.2, 0.25) is 0 Å². The minimum Gasteiger partial charge on any atom is -0.399 e. The van der Waals surface area contributed by atoms with Gasteiger partial charge in [-0.2, -0.15) is 0 Å². The van der Waals surface area contributed by atoms with Crippen molar-refractivity contribution < 1.29 is 0 Å².